The van der Waals surface area contributed by atoms with E-state index in [1.165, 1.54) is 18.2 Å². The number of hydrogen-bond donors (Lipinski definition) is 2. The van der Waals surface area contributed by atoms with Crippen LogP contribution in [-0.4, -0.2) is 20.9 Å². The molecule has 0 bridgehead atoms. The largest absolute Gasteiger partial charge is 0.449 e. The summed E-state index contributed by atoms with van der Waals surface area (Å²) in [5, 5.41) is 2.69. The molecule has 5 nitrogen and oxygen atoms in total. The maximum absolute atomic E-state index is 12.6. The minimum atomic E-state index is -4.55. The van der Waals surface area contributed by atoms with Gasteiger partial charge in [-0.3, -0.25) is 9.78 Å². The normalized spacial score (nSPS) is 11.6. The molecular formula is C15H11F3N4O. The van der Waals surface area contributed by atoms with E-state index < -0.39 is 12.0 Å². The zero-order valence-electron chi connectivity index (χ0n) is 11.7. The molecule has 0 saturated heterocycles. The molecule has 2 aromatic heterocycles. The molecule has 0 atom stereocenters. The summed E-state index contributed by atoms with van der Waals surface area (Å²) in [6.45, 7) is 0.302. The number of benzene rings is 1. The van der Waals surface area contributed by atoms with E-state index in [0.717, 1.165) is 5.56 Å². The van der Waals surface area contributed by atoms with E-state index in [2.05, 4.69) is 20.3 Å². The molecule has 0 aliphatic heterocycles. The molecule has 0 spiro atoms. The summed E-state index contributed by atoms with van der Waals surface area (Å²) in [6.07, 6.45) is -1.34. The number of hydrogen-bond acceptors (Lipinski definition) is 3. The number of alkyl halides is 3. The number of H-pyrrole nitrogens is 1. The number of aromatic amines is 1. The second kappa shape index (κ2) is 5.71. The standard InChI is InChI=1S/C15H11F3N4O/c16-15(17,18)14-21-11-2-1-10(7-12(11)22-14)13(23)20-8-9-3-5-19-6-4-9/h1-7H,8H2,(H,20,23)(H,21,22). The van der Waals surface area contributed by atoms with Crippen molar-refractivity contribution in [1.82, 2.24) is 20.3 Å². The highest BCUT2D eigenvalue weighted by Gasteiger charge is 2.34. The van der Waals surface area contributed by atoms with Gasteiger partial charge in [-0.15, -0.1) is 0 Å². The van der Waals surface area contributed by atoms with Crippen LogP contribution < -0.4 is 5.32 Å². The van der Waals surface area contributed by atoms with Gasteiger partial charge in [-0.2, -0.15) is 13.2 Å². The smallest absolute Gasteiger partial charge is 0.348 e. The molecule has 0 unspecified atom stereocenters. The van der Waals surface area contributed by atoms with Crippen LogP contribution in [0.3, 0.4) is 0 Å². The maximum Gasteiger partial charge on any atom is 0.449 e. The predicted octanol–water partition coefficient (Wildman–Crippen LogP) is 2.91. The summed E-state index contributed by atoms with van der Waals surface area (Å²) in [5.74, 6) is -1.46. The van der Waals surface area contributed by atoms with Crippen LogP contribution in [-0.2, 0) is 12.7 Å². The maximum atomic E-state index is 12.6. The Balaban J connectivity index is 1.78. The summed E-state index contributed by atoms with van der Waals surface area (Å²) in [4.78, 5) is 21.6. The number of fused-ring (bicyclic) bond motifs is 1. The van der Waals surface area contributed by atoms with Gasteiger partial charge in [0.2, 0.25) is 5.82 Å². The average molecular weight is 320 g/mol. The van der Waals surface area contributed by atoms with Gasteiger partial charge in [-0.25, -0.2) is 4.98 Å². The number of amides is 1. The van der Waals surface area contributed by atoms with Gasteiger partial charge >= 0.3 is 6.18 Å². The number of halogens is 3. The zero-order chi connectivity index (χ0) is 16.4. The van der Waals surface area contributed by atoms with Crippen LogP contribution in [0.15, 0.2) is 42.7 Å². The van der Waals surface area contributed by atoms with Gasteiger partial charge < -0.3 is 10.3 Å². The number of nitrogens with one attached hydrogen (secondary N) is 2. The van der Waals surface area contributed by atoms with Gasteiger partial charge in [0.1, 0.15) is 0 Å². The van der Waals surface area contributed by atoms with Gasteiger partial charge in [0, 0.05) is 24.5 Å². The van der Waals surface area contributed by atoms with Crippen LogP contribution in [0.4, 0.5) is 13.2 Å². The Hall–Kier alpha value is -2.90. The Labute approximate surface area is 128 Å². The monoisotopic (exact) mass is 320 g/mol. The lowest BCUT2D eigenvalue weighted by atomic mass is 10.2. The highest BCUT2D eigenvalue weighted by molar-refractivity contribution is 5.97. The minimum absolute atomic E-state index is 0.156. The Kier molecular flexibility index (Phi) is 3.73. The van der Waals surface area contributed by atoms with Crippen LogP contribution >= 0.6 is 0 Å². The summed E-state index contributed by atoms with van der Waals surface area (Å²) >= 11 is 0. The second-order valence-corrected chi connectivity index (χ2v) is 4.85. The Morgan fingerprint density at radius 1 is 1.17 bits per heavy atom. The van der Waals surface area contributed by atoms with Gasteiger partial charge in [-0.05, 0) is 35.9 Å². The van der Waals surface area contributed by atoms with Crippen LogP contribution in [0.2, 0.25) is 0 Å². The van der Waals surface area contributed by atoms with E-state index >= 15 is 0 Å². The van der Waals surface area contributed by atoms with Crippen LogP contribution in [0, 0.1) is 0 Å². The Morgan fingerprint density at radius 2 is 1.91 bits per heavy atom. The van der Waals surface area contributed by atoms with Crippen molar-refractivity contribution in [2.75, 3.05) is 0 Å². The molecule has 1 amide bonds. The lowest BCUT2D eigenvalue weighted by Crippen LogP contribution is -2.22. The van der Waals surface area contributed by atoms with Crippen molar-refractivity contribution in [1.29, 1.82) is 0 Å². The van der Waals surface area contributed by atoms with Gasteiger partial charge in [0.25, 0.3) is 5.91 Å². The molecule has 0 fully saturated rings. The first kappa shape index (κ1) is 15.0. The fourth-order valence-electron chi connectivity index (χ4n) is 2.07. The number of carbonyl (C=O) groups excluding carboxylic acids is 1. The van der Waals surface area contributed by atoms with E-state index in [9.17, 15) is 18.0 Å². The van der Waals surface area contributed by atoms with Gasteiger partial charge in [0.15, 0.2) is 0 Å². The number of nitrogens with zero attached hydrogens (tertiary/aromatic N) is 2. The molecule has 1 aromatic carbocycles. The Morgan fingerprint density at radius 3 is 2.61 bits per heavy atom. The van der Waals surface area contributed by atoms with Crippen molar-refractivity contribution >= 4 is 16.9 Å². The summed E-state index contributed by atoms with van der Waals surface area (Å²) in [7, 11) is 0. The molecule has 0 radical (unpaired) electrons. The number of rotatable bonds is 3. The third-order valence-corrected chi connectivity index (χ3v) is 3.22. The second-order valence-electron chi connectivity index (χ2n) is 4.85. The molecule has 118 valence electrons. The molecule has 2 heterocycles. The van der Waals surface area contributed by atoms with E-state index in [4.69, 9.17) is 0 Å². The van der Waals surface area contributed by atoms with Crippen molar-refractivity contribution < 1.29 is 18.0 Å². The topological polar surface area (TPSA) is 70.7 Å². The van der Waals surface area contributed by atoms with E-state index in [1.807, 2.05) is 0 Å². The molecular weight excluding hydrogens is 309 g/mol. The van der Waals surface area contributed by atoms with Gasteiger partial charge in [0.05, 0.1) is 11.0 Å². The first-order valence-electron chi connectivity index (χ1n) is 6.67. The first-order valence-corrected chi connectivity index (χ1v) is 6.67. The number of pyridine rings is 1. The Bertz CT molecular complexity index is 843. The first-order chi connectivity index (χ1) is 10.9. The third kappa shape index (κ3) is 3.31. The molecule has 2 N–H and O–H groups in total. The molecule has 0 aliphatic carbocycles. The highest BCUT2D eigenvalue weighted by atomic mass is 19.4. The van der Waals surface area contributed by atoms with Crippen LogP contribution in [0.5, 0.6) is 0 Å². The molecule has 8 heteroatoms. The predicted molar refractivity (Wildman–Crippen MR) is 76.5 cm³/mol. The highest BCUT2D eigenvalue weighted by Crippen LogP contribution is 2.28. The van der Waals surface area contributed by atoms with Crippen molar-refractivity contribution in [2.24, 2.45) is 0 Å². The van der Waals surface area contributed by atoms with Crippen molar-refractivity contribution in [3.63, 3.8) is 0 Å². The van der Waals surface area contributed by atoms with E-state index in [1.54, 1.807) is 24.5 Å². The van der Waals surface area contributed by atoms with E-state index in [0.29, 0.717) is 6.54 Å². The lowest BCUT2D eigenvalue weighted by Gasteiger charge is -2.05. The third-order valence-electron chi connectivity index (χ3n) is 3.22. The zero-order valence-corrected chi connectivity index (χ0v) is 11.7. The summed E-state index contributed by atoms with van der Waals surface area (Å²) in [5.41, 5.74) is 1.44. The number of imidazole rings is 1. The quantitative estimate of drug-likeness (QED) is 0.779. The number of carbonyl (C=O) groups is 1. The molecule has 0 saturated carbocycles. The van der Waals surface area contributed by atoms with Crippen molar-refractivity contribution in [2.45, 2.75) is 12.7 Å². The molecule has 3 aromatic rings. The van der Waals surface area contributed by atoms with E-state index in [-0.39, 0.29) is 22.5 Å². The average Bonchev–Trinajstić information content (AvgIpc) is 2.97. The van der Waals surface area contributed by atoms with Crippen molar-refractivity contribution in [3.05, 3.63) is 59.7 Å². The summed E-state index contributed by atoms with van der Waals surface area (Å²) in [6, 6.07) is 7.68. The molecule has 3 rings (SSSR count). The fourth-order valence-corrected chi connectivity index (χ4v) is 2.07. The van der Waals surface area contributed by atoms with Crippen LogP contribution in [0.1, 0.15) is 21.7 Å². The fraction of sp³-hybridized carbons (Fsp3) is 0.133. The molecule has 23 heavy (non-hydrogen) atoms. The van der Waals surface area contributed by atoms with Crippen LogP contribution in [0.25, 0.3) is 11.0 Å². The molecule has 0 aliphatic rings. The van der Waals surface area contributed by atoms with Gasteiger partial charge in [-0.1, -0.05) is 0 Å². The minimum Gasteiger partial charge on any atom is -0.348 e. The summed E-state index contributed by atoms with van der Waals surface area (Å²) < 4.78 is 37.8. The lowest BCUT2D eigenvalue weighted by molar-refractivity contribution is -0.144. The number of aromatic nitrogens is 3. The van der Waals surface area contributed by atoms with Crippen molar-refractivity contribution in [3.8, 4) is 0 Å². The SMILES string of the molecule is O=C(NCc1ccncc1)c1ccc2nc(C(F)(F)F)[nH]c2c1.